The van der Waals surface area contributed by atoms with E-state index < -0.39 is 0 Å². The lowest BCUT2D eigenvalue weighted by Crippen LogP contribution is -2.35. The second-order valence-electron chi connectivity index (χ2n) is 12.3. The van der Waals surface area contributed by atoms with Crippen molar-refractivity contribution in [2.75, 3.05) is 0 Å². The van der Waals surface area contributed by atoms with Crippen molar-refractivity contribution in [3.05, 3.63) is 64.3 Å². The van der Waals surface area contributed by atoms with Crippen molar-refractivity contribution in [3.63, 3.8) is 0 Å². The minimum atomic E-state index is 0.517. The second kappa shape index (κ2) is 9.14. The minimum absolute atomic E-state index is 0.517. The molecule has 2 saturated carbocycles. The molecule has 1 aromatic heterocycles. The van der Waals surface area contributed by atoms with Gasteiger partial charge in [-0.3, -0.25) is 0 Å². The summed E-state index contributed by atoms with van der Waals surface area (Å²) in [6.07, 6.45) is 12.2. The monoisotopic (exact) mass is 454 g/mol. The Morgan fingerprint density at radius 3 is 2.15 bits per heavy atom. The quantitative estimate of drug-likeness (QED) is 0.348. The van der Waals surface area contributed by atoms with Crippen LogP contribution in [0, 0.1) is 26.2 Å². The van der Waals surface area contributed by atoms with Gasteiger partial charge in [-0.15, -0.1) is 0 Å². The fourth-order valence-electron chi connectivity index (χ4n) is 6.71. The average Bonchev–Trinajstić information content (AvgIpc) is 2.82. The highest BCUT2D eigenvalue weighted by atomic mass is 14.9. The molecule has 2 fully saturated rings. The largest absolute Gasteiger partial charge is 0.220 e. The molecule has 3 aromatic rings. The number of aryl methyl sites for hydroxylation is 2. The van der Waals surface area contributed by atoms with Gasteiger partial charge in [-0.25, -0.2) is 0 Å². The van der Waals surface area contributed by atoms with Gasteiger partial charge < -0.3 is 0 Å². The third-order valence-corrected chi connectivity index (χ3v) is 9.39. The van der Waals surface area contributed by atoms with Crippen LogP contribution in [0.4, 0.5) is 0 Å². The summed E-state index contributed by atoms with van der Waals surface area (Å²) in [5.74, 6) is 1.45. The molecular weight excluding hydrogens is 410 g/mol. The third-order valence-electron chi connectivity index (χ3n) is 9.39. The highest BCUT2D eigenvalue weighted by molar-refractivity contribution is 5.94. The van der Waals surface area contributed by atoms with E-state index in [1.165, 1.54) is 96.6 Å². The molecule has 0 radical (unpaired) electrons. The summed E-state index contributed by atoms with van der Waals surface area (Å²) >= 11 is 0. The van der Waals surface area contributed by atoms with E-state index in [0.29, 0.717) is 11.3 Å². The predicted octanol–water partition coefficient (Wildman–Crippen LogP) is 8.99. The van der Waals surface area contributed by atoms with Gasteiger partial charge in [0.1, 0.15) is 7.05 Å². The Morgan fingerprint density at radius 2 is 1.44 bits per heavy atom. The van der Waals surface area contributed by atoms with Crippen LogP contribution in [-0.4, -0.2) is 0 Å². The first-order valence-corrected chi connectivity index (χ1v) is 13.8. The molecule has 1 heterocycles. The molecule has 1 heteroatoms. The van der Waals surface area contributed by atoms with E-state index >= 15 is 0 Å². The Bertz CT molecular complexity index is 1200. The summed E-state index contributed by atoms with van der Waals surface area (Å²) in [6, 6.07) is 14.8. The van der Waals surface area contributed by atoms with E-state index in [-0.39, 0.29) is 0 Å². The highest BCUT2D eigenvalue weighted by Gasteiger charge is 2.29. The zero-order chi connectivity index (χ0) is 24.0. The molecule has 0 aliphatic heterocycles. The summed E-state index contributed by atoms with van der Waals surface area (Å²) < 4.78 is 2.43. The van der Waals surface area contributed by atoms with Crippen LogP contribution in [0.1, 0.15) is 111 Å². The normalized spacial score (nSPS) is 19.6. The third kappa shape index (κ3) is 4.43. The molecule has 0 bridgehead atoms. The molecule has 0 N–H and O–H groups in total. The van der Waals surface area contributed by atoms with E-state index in [0.717, 1.165) is 5.92 Å². The van der Waals surface area contributed by atoms with Crippen molar-refractivity contribution >= 4 is 10.8 Å². The van der Waals surface area contributed by atoms with Crippen LogP contribution in [0.3, 0.4) is 0 Å². The molecule has 0 amide bonds. The number of fused-ring (bicyclic) bond motifs is 1. The smallest absolute Gasteiger partial charge is 0.198 e. The molecule has 2 aliphatic carbocycles. The lowest BCUT2D eigenvalue weighted by Gasteiger charge is -2.34. The van der Waals surface area contributed by atoms with Crippen molar-refractivity contribution in [2.24, 2.45) is 12.5 Å². The van der Waals surface area contributed by atoms with E-state index in [1.54, 1.807) is 11.1 Å². The molecule has 0 spiro atoms. The molecule has 34 heavy (non-hydrogen) atoms. The molecule has 180 valence electrons. The number of rotatable bonds is 3. The Kier molecular flexibility index (Phi) is 6.34. The molecule has 2 aromatic carbocycles. The van der Waals surface area contributed by atoms with Crippen LogP contribution in [0.25, 0.3) is 22.0 Å². The van der Waals surface area contributed by atoms with Gasteiger partial charge in [0.2, 0.25) is 5.69 Å². The maximum Gasteiger partial charge on any atom is 0.220 e. The Hall–Kier alpha value is -2.15. The molecular formula is C33H44N+. The lowest BCUT2D eigenvalue weighted by atomic mass is 9.71. The van der Waals surface area contributed by atoms with Gasteiger partial charge in [0.15, 0.2) is 5.69 Å². The Morgan fingerprint density at radius 1 is 0.765 bits per heavy atom. The first-order chi connectivity index (χ1) is 16.2. The van der Waals surface area contributed by atoms with Crippen LogP contribution < -0.4 is 4.57 Å². The van der Waals surface area contributed by atoms with Crippen molar-refractivity contribution in [1.29, 1.82) is 0 Å². The summed E-state index contributed by atoms with van der Waals surface area (Å²) in [5, 5.41) is 2.81. The first kappa shape index (κ1) is 23.6. The standard InChI is InChI=1S/C33H44N/c1-22-18-28(25-10-8-7-9-11-25)21-31(24(22)3)32-30-13-12-27(20-29(30)19-23(2)34(32)6)26-14-16-33(4,5)17-15-26/h12-13,18-21,25-26H,7-11,14-17H2,1-6H3/q+1. The van der Waals surface area contributed by atoms with E-state index in [1.807, 2.05) is 0 Å². The van der Waals surface area contributed by atoms with Crippen LogP contribution in [0.5, 0.6) is 0 Å². The Balaban J connectivity index is 1.61. The molecule has 0 saturated heterocycles. The maximum atomic E-state index is 2.55. The van der Waals surface area contributed by atoms with Crippen LogP contribution in [0.2, 0.25) is 0 Å². The fraction of sp³-hybridized carbons (Fsp3) is 0.545. The zero-order valence-electron chi connectivity index (χ0n) is 22.4. The molecule has 0 atom stereocenters. The predicted molar refractivity (Wildman–Crippen MR) is 146 cm³/mol. The highest BCUT2D eigenvalue weighted by Crippen LogP contribution is 2.43. The van der Waals surface area contributed by atoms with Gasteiger partial charge in [0.25, 0.3) is 0 Å². The van der Waals surface area contributed by atoms with Crippen LogP contribution in [-0.2, 0) is 7.05 Å². The number of hydrogen-bond acceptors (Lipinski definition) is 0. The number of pyridine rings is 1. The zero-order valence-corrected chi connectivity index (χ0v) is 22.4. The van der Waals surface area contributed by atoms with Crippen molar-refractivity contribution < 1.29 is 4.57 Å². The average molecular weight is 455 g/mol. The maximum absolute atomic E-state index is 2.55. The topological polar surface area (TPSA) is 3.88 Å². The van der Waals surface area contributed by atoms with E-state index in [2.05, 4.69) is 82.6 Å². The van der Waals surface area contributed by atoms with Crippen molar-refractivity contribution in [3.8, 4) is 11.3 Å². The summed E-state index contributed by atoms with van der Waals surface area (Å²) in [4.78, 5) is 0. The fourth-order valence-corrected chi connectivity index (χ4v) is 6.71. The van der Waals surface area contributed by atoms with E-state index in [9.17, 15) is 0 Å². The van der Waals surface area contributed by atoms with Gasteiger partial charge in [-0.2, -0.15) is 4.57 Å². The molecule has 5 rings (SSSR count). The molecule has 0 unspecified atom stereocenters. The number of hydrogen-bond donors (Lipinski definition) is 0. The Labute approximate surface area is 207 Å². The molecule has 2 aliphatic rings. The summed E-state index contributed by atoms with van der Waals surface area (Å²) in [5.41, 5.74) is 10.7. The van der Waals surface area contributed by atoms with E-state index in [4.69, 9.17) is 0 Å². The lowest BCUT2D eigenvalue weighted by molar-refractivity contribution is -0.665. The first-order valence-electron chi connectivity index (χ1n) is 13.8. The van der Waals surface area contributed by atoms with Crippen molar-refractivity contribution in [2.45, 2.75) is 104 Å². The van der Waals surface area contributed by atoms with Crippen molar-refractivity contribution in [1.82, 2.24) is 0 Å². The van der Waals surface area contributed by atoms with Gasteiger partial charge in [-0.05, 0) is 109 Å². The molecule has 1 nitrogen and oxygen atoms in total. The number of nitrogens with zero attached hydrogens (tertiary/aromatic N) is 1. The number of benzene rings is 2. The van der Waals surface area contributed by atoms with Gasteiger partial charge >= 0.3 is 0 Å². The second-order valence-corrected chi connectivity index (χ2v) is 12.3. The summed E-state index contributed by atoms with van der Waals surface area (Å²) in [7, 11) is 2.25. The van der Waals surface area contributed by atoms with Gasteiger partial charge in [0, 0.05) is 13.0 Å². The van der Waals surface area contributed by atoms with Gasteiger partial charge in [0.05, 0.1) is 10.9 Å². The van der Waals surface area contributed by atoms with Crippen LogP contribution >= 0.6 is 0 Å². The minimum Gasteiger partial charge on any atom is -0.198 e. The number of aromatic nitrogens is 1. The van der Waals surface area contributed by atoms with Crippen LogP contribution in [0.15, 0.2) is 36.4 Å². The SMILES string of the molecule is Cc1cc(C2CCCCC2)cc(-c2c3ccc(C4CCC(C)(C)CC4)cc3cc(C)[n+]2C)c1C. The van der Waals surface area contributed by atoms with Gasteiger partial charge in [-0.1, -0.05) is 51.3 Å². The summed E-state index contributed by atoms with van der Waals surface area (Å²) in [6.45, 7) is 11.8.